The Balaban J connectivity index is 1.60. The number of unbranched alkanes of at least 4 members (excludes halogenated alkanes) is 7. The lowest BCUT2D eigenvalue weighted by Crippen LogP contribution is -2.60. The highest BCUT2D eigenvalue weighted by molar-refractivity contribution is 5.86. The monoisotopic (exact) mass is 496 g/mol. The Labute approximate surface area is 203 Å². The van der Waals surface area contributed by atoms with Crippen molar-refractivity contribution in [2.75, 3.05) is 13.2 Å². The summed E-state index contributed by atoms with van der Waals surface area (Å²) in [5.74, 6) is -0.477. The third-order valence-electron chi connectivity index (χ3n) is 6.16. The molecule has 2 heterocycles. The van der Waals surface area contributed by atoms with E-state index in [1.807, 2.05) is 0 Å². The van der Waals surface area contributed by atoms with Gasteiger partial charge in [-0.1, -0.05) is 51.9 Å². The van der Waals surface area contributed by atoms with Crippen LogP contribution in [0.3, 0.4) is 0 Å². The number of rotatable bonds is 13. The molecule has 0 spiro atoms. The molecule has 0 radical (unpaired) electrons. The summed E-state index contributed by atoms with van der Waals surface area (Å²) in [6.07, 6.45) is 1.79. The quantitative estimate of drug-likeness (QED) is 0.205. The van der Waals surface area contributed by atoms with Crippen molar-refractivity contribution in [2.45, 2.75) is 89.0 Å². The zero-order chi connectivity index (χ0) is 25.4. The third kappa shape index (κ3) is 6.86. The van der Waals surface area contributed by atoms with E-state index in [0.717, 1.165) is 19.3 Å². The average Bonchev–Trinajstić information content (AvgIpc) is 2.84. The van der Waals surface area contributed by atoms with Gasteiger partial charge in [0.15, 0.2) is 5.75 Å². The van der Waals surface area contributed by atoms with E-state index in [0.29, 0.717) is 0 Å². The molecule has 0 aliphatic carbocycles. The van der Waals surface area contributed by atoms with Crippen LogP contribution in [-0.4, -0.2) is 69.5 Å². The van der Waals surface area contributed by atoms with Crippen molar-refractivity contribution in [2.24, 2.45) is 0 Å². The molecule has 0 unspecified atom stereocenters. The summed E-state index contributed by atoms with van der Waals surface area (Å²) in [7, 11) is 0. The maximum Gasteiger partial charge on any atom is 0.383 e. The molecule has 2 aromatic rings. The molecule has 1 aromatic carbocycles. The molecule has 0 saturated carbocycles. The van der Waals surface area contributed by atoms with E-state index < -0.39 is 42.9 Å². The van der Waals surface area contributed by atoms with Gasteiger partial charge in [-0.2, -0.15) is 0 Å². The number of aliphatic hydroxyl groups excluding tert-OH is 4. The van der Waals surface area contributed by atoms with E-state index in [1.54, 1.807) is 0 Å². The Kier molecular flexibility index (Phi) is 10.2. The first-order valence-corrected chi connectivity index (χ1v) is 12.3. The highest BCUT2D eigenvalue weighted by Crippen LogP contribution is 2.34. The Morgan fingerprint density at radius 2 is 1.63 bits per heavy atom. The average molecular weight is 497 g/mol. The number of aromatic hydroxyl groups is 1. The first-order valence-electron chi connectivity index (χ1n) is 12.3. The maximum absolute atomic E-state index is 12.4. The van der Waals surface area contributed by atoms with Gasteiger partial charge in [0, 0.05) is 6.07 Å². The van der Waals surface area contributed by atoms with Crippen molar-refractivity contribution in [3.8, 4) is 17.2 Å². The molecule has 3 rings (SSSR count). The molecule has 1 fully saturated rings. The van der Waals surface area contributed by atoms with Crippen molar-refractivity contribution in [3.63, 3.8) is 0 Å². The van der Waals surface area contributed by atoms with Gasteiger partial charge < -0.3 is 44.2 Å². The molecule has 0 amide bonds. The van der Waals surface area contributed by atoms with Crippen LogP contribution < -0.4 is 15.1 Å². The van der Waals surface area contributed by atoms with E-state index in [2.05, 4.69) is 6.92 Å². The van der Waals surface area contributed by atoms with Crippen LogP contribution in [0, 0.1) is 0 Å². The largest absolute Gasteiger partial charge is 0.504 e. The predicted octanol–water partition coefficient (Wildman–Crippen LogP) is 2.20. The van der Waals surface area contributed by atoms with E-state index in [-0.39, 0.29) is 34.8 Å². The van der Waals surface area contributed by atoms with Crippen LogP contribution in [0.15, 0.2) is 27.4 Å². The molecule has 0 bridgehead atoms. The minimum atomic E-state index is -1.59. The van der Waals surface area contributed by atoms with Crippen LogP contribution in [0.5, 0.6) is 17.2 Å². The number of benzene rings is 1. The Bertz CT molecular complexity index is 988. The number of hydrogen-bond donors (Lipinski definition) is 5. The molecule has 5 N–H and O–H groups in total. The Morgan fingerprint density at radius 3 is 2.31 bits per heavy atom. The lowest BCUT2D eigenvalue weighted by molar-refractivity contribution is -0.277. The van der Waals surface area contributed by atoms with E-state index >= 15 is 0 Å². The Morgan fingerprint density at radius 1 is 0.943 bits per heavy atom. The highest BCUT2D eigenvalue weighted by Gasteiger charge is 2.44. The van der Waals surface area contributed by atoms with Crippen LogP contribution in [0.2, 0.25) is 0 Å². The van der Waals surface area contributed by atoms with Crippen molar-refractivity contribution in [3.05, 3.63) is 28.6 Å². The summed E-state index contributed by atoms with van der Waals surface area (Å²) in [6, 6.07) is 4.22. The molecular formula is C25H36O10. The van der Waals surface area contributed by atoms with Gasteiger partial charge >= 0.3 is 5.63 Å². The summed E-state index contributed by atoms with van der Waals surface area (Å²) in [6.45, 7) is 1.89. The molecule has 1 aliphatic rings. The fourth-order valence-corrected chi connectivity index (χ4v) is 4.06. The molecule has 10 nitrogen and oxygen atoms in total. The minimum absolute atomic E-state index is 0.0222. The molecular weight excluding hydrogens is 460 g/mol. The topological polar surface area (TPSA) is 159 Å². The van der Waals surface area contributed by atoms with Gasteiger partial charge in [-0.15, -0.1) is 0 Å². The third-order valence-corrected chi connectivity index (χ3v) is 6.16. The number of ether oxygens (including phenoxy) is 3. The molecule has 5 atom stereocenters. The smallest absolute Gasteiger partial charge is 0.383 e. The minimum Gasteiger partial charge on any atom is -0.504 e. The number of aliphatic hydroxyl groups is 4. The zero-order valence-electron chi connectivity index (χ0n) is 20.0. The van der Waals surface area contributed by atoms with Crippen molar-refractivity contribution in [1.82, 2.24) is 0 Å². The maximum atomic E-state index is 12.4. The van der Waals surface area contributed by atoms with Gasteiger partial charge in [-0.3, -0.25) is 0 Å². The van der Waals surface area contributed by atoms with Crippen LogP contribution in [-0.2, 0) is 4.74 Å². The first kappa shape index (κ1) is 27.2. The molecule has 1 saturated heterocycles. The summed E-state index contributed by atoms with van der Waals surface area (Å²) >= 11 is 0. The van der Waals surface area contributed by atoms with Gasteiger partial charge in [-0.05, 0) is 18.6 Å². The summed E-state index contributed by atoms with van der Waals surface area (Å²) in [5, 5.41) is 50.0. The van der Waals surface area contributed by atoms with Crippen LogP contribution in [0.4, 0.5) is 0 Å². The fourth-order valence-electron chi connectivity index (χ4n) is 4.06. The molecule has 196 valence electrons. The first-order chi connectivity index (χ1) is 16.9. The van der Waals surface area contributed by atoms with Crippen LogP contribution in [0.1, 0.15) is 58.3 Å². The van der Waals surface area contributed by atoms with Crippen LogP contribution >= 0.6 is 0 Å². The predicted molar refractivity (Wildman–Crippen MR) is 127 cm³/mol. The summed E-state index contributed by atoms with van der Waals surface area (Å²) in [4.78, 5) is 12.4. The van der Waals surface area contributed by atoms with Gasteiger partial charge in [0.25, 0.3) is 0 Å². The standard InChI is InChI=1S/C25H36O10/c1-2-3-4-5-6-7-8-9-12-32-23-19(27)16-11-10-15(13-17(16)34-24(23)31)33-25-22(30)21(29)20(28)18(14-26)35-25/h10-11,13,18,20-22,25-30H,2-9,12,14H2,1H3/t18-,20+,21+,22-,25-/m1/s1. The van der Waals surface area contributed by atoms with Crippen molar-refractivity contribution < 1.29 is 44.2 Å². The lowest BCUT2D eigenvalue weighted by atomic mass is 9.99. The van der Waals surface area contributed by atoms with Crippen molar-refractivity contribution >= 4 is 11.0 Å². The van der Waals surface area contributed by atoms with Crippen LogP contribution in [0.25, 0.3) is 11.0 Å². The molecule has 1 aliphatic heterocycles. The van der Waals surface area contributed by atoms with E-state index in [1.165, 1.54) is 50.3 Å². The van der Waals surface area contributed by atoms with Gasteiger partial charge in [0.1, 0.15) is 35.7 Å². The molecule has 35 heavy (non-hydrogen) atoms. The number of hydrogen-bond acceptors (Lipinski definition) is 10. The molecule has 1 aromatic heterocycles. The number of fused-ring (bicyclic) bond motifs is 1. The summed E-state index contributed by atoms with van der Waals surface area (Å²) < 4.78 is 21.7. The SMILES string of the molecule is CCCCCCCCCCOc1c(O)c2ccc(O[C@@H]3O[C@H](CO)[C@H](O)[C@H](O)[C@H]3O)cc2oc1=O. The summed E-state index contributed by atoms with van der Waals surface area (Å²) in [5.41, 5.74) is -0.812. The highest BCUT2D eigenvalue weighted by atomic mass is 16.7. The van der Waals surface area contributed by atoms with E-state index in [4.69, 9.17) is 18.6 Å². The second kappa shape index (κ2) is 13.1. The van der Waals surface area contributed by atoms with Gasteiger partial charge in [-0.25, -0.2) is 4.79 Å². The van der Waals surface area contributed by atoms with Crippen molar-refractivity contribution in [1.29, 1.82) is 0 Å². The second-order valence-corrected chi connectivity index (χ2v) is 8.86. The second-order valence-electron chi connectivity index (χ2n) is 8.86. The zero-order valence-corrected chi connectivity index (χ0v) is 20.0. The lowest BCUT2D eigenvalue weighted by Gasteiger charge is -2.39. The van der Waals surface area contributed by atoms with E-state index in [9.17, 15) is 30.3 Å². The van der Waals surface area contributed by atoms with Gasteiger partial charge in [0.05, 0.1) is 18.6 Å². The normalized spacial score (nSPS) is 24.5. The van der Waals surface area contributed by atoms with Gasteiger partial charge in [0.2, 0.25) is 12.0 Å². The molecule has 10 heteroatoms. The Hall–Kier alpha value is -2.37. The fraction of sp³-hybridized carbons (Fsp3) is 0.640.